The summed E-state index contributed by atoms with van der Waals surface area (Å²) >= 11 is 0. The number of benzene rings is 2. The van der Waals surface area contributed by atoms with Crippen LogP contribution in [0.5, 0.6) is 28.7 Å². The summed E-state index contributed by atoms with van der Waals surface area (Å²) in [6, 6.07) is 6.48. The van der Waals surface area contributed by atoms with Crippen molar-refractivity contribution in [2.24, 2.45) is 0 Å². The molecule has 2 fully saturated rings. The van der Waals surface area contributed by atoms with E-state index in [1.807, 2.05) is 0 Å². The van der Waals surface area contributed by atoms with Crippen LogP contribution in [0, 0.1) is 0 Å². The molecule has 0 amide bonds. The smallest absolute Gasteiger partial charge is 0.239 e. The number of ether oxygens (including phenoxy) is 6. The van der Waals surface area contributed by atoms with Gasteiger partial charge in [0.25, 0.3) is 0 Å². The molecule has 45 heavy (non-hydrogen) atoms. The van der Waals surface area contributed by atoms with Gasteiger partial charge in [0.2, 0.25) is 17.5 Å². The lowest BCUT2D eigenvalue weighted by molar-refractivity contribution is -0.318. The largest absolute Gasteiger partial charge is 0.508 e. The van der Waals surface area contributed by atoms with Gasteiger partial charge in [-0.3, -0.25) is 4.79 Å². The molecule has 3 heterocycles. The van der Waals surface area contributed by atoms with Crippen molar-refractivity contribution in [3.05, 3.63) is 40.6 Å². The first-order valence-electron chi connectivity index (χ1n) is 13.8. The Bertz CT molecular complexity index is 1570. The summed E-state index contributed by atoms with van der Waals surface area (Å²) < 4.78 is 38.9. The number of hydrogen-bond acceptors (Lipinski definition) is 16. The van der Waals surface area contributed by atoms with E-state index in [1.54, 1.807) is 0 Å². The SMILES string of the molecule is COc1ccc(-c2oc3cc(O)cc(O)c3c(=O)c2O[C@@H]2OC(CO[C@@H]3OC(C)[C@H](O)[C@H](O)C3O)[C@@H](O)C(O)C2O)cc1OC. The third kappa shape index (κ3) is 6.11. The van der Waals surface area contributed by atoms with Crippen LogP contribution in [0.25, 0.3) is 22.3 Å². The summed E-state index contributed by atoms with van der Waals surface area (Å²) in [7, 11) is 2.80. The zero-order valence-electron chi connectivity index (χ0n) is 24.2. The maximum atomic E-state index is 13.8. The van der Waals surface area contributed by atoms with Gasteiger partial charge in [-0.1, -0.05) is 0 Å². The third-order valence-corrected chi connectivity index (χ3v) is 7.70. The first-order chi connectivity index (χ1) is 21.4. The molecular weight excluding hydrogens is 604 g/mol. The molecule has 0 saturated carbocycles. The van der Waals surface area contributed by atoms with Gasteiger partial charge in [0.15, 0.2) is 23.5 Å². The van der Waals surface area contributed by atoms with E-state index in [-0.39, 0.29) is 28.0 Å². The van der Waals surface area contributed by atoms with E-state index in [2.05, 4.69) is 0 Å². The predicted octanol–water partition coefficient (Wildman–Crippen LogP) is -1.08. The number of phenols is 2. The van der Waals surface area contributed by atoms with Gasteiger partial charge in [0.05, 0.1) is 26.9 Å². The van der Waals surface area contributed by atoms with Gasteiger partial charge < -0.3 is 73.7 Å². The highest BCUT2D eigenvalue weighted by atomic mass is 16.7. The molecule has 10 atom stereocenters. The maximum Gasteiger partial charge on any atom is 0.239 e. The van der Waals surface area contributed by atoms with Crippen LogP contribution >= 0.6 is 0 Å². The van der Waals surface area contributed by atoms with Crippen molar-refractivity contribution in [3.8, 4) is 40.1 Å². The Morgan fingerprint density at radius 1 is 0.778 bits per heavy atom. The topological polar surface area (TPSA) is 247 Å². The van der Waals surface area contributed by atoms with Crippen LogP contribution in [0.2, 0.25) is 0 Å². The summed E-state index contributed by atoms with van der Waals surface area (Å²) in [6.45, 7) is 0.868. The second kappa shape index (κ2) is 13.0. The number of methoxy groups -OCH3 is 2. The van der Waals surface area contributed by atoms with Crippen molar-refractivity contribution in [2.45, 2.75) is 68.3 Å². The normalized spacial score (nSPS) is 31.9. The van der Waals surface area contributed by atoms with E-state index in [0.717, 1.165) is 12.1 Å². The van der Waals surface area contributed by atoms with Gasteiger partial charge in [-0.2, -0.15) is 0 Å². The molecule has 2 saturated heterocycles. The highest BCUT2D eigenvalue weighted by molar-refractivity contribution is 5.88. The molecule has 8 N–H and O–H groups in total. The summed E-state index contributed by atoms with van der Waals surface area (Å²) in [5.41, 5.74) is -0.953. The minimum Gasteiger partial charge on any atom is -0.508 e. The molecule has 3 aromatic rings. The van der Waals surface area contributed by atoms with Crippen molar-refractivity contribution in [3.63, 3.8) is 0 Å². The van der Waals surface area contributed by atoms with Crippen LogP contribution in [0.4, 0.5) is 0 Å². The van der Waals surface area contributed by atoms with Crippen LogP contribution in [-0.4, -0.2) is 123 Å². The molecule has 2 aromatic carbocycles. The average Bonchev–Trinajstić information content (AvgIpc) is 3.02. The van der Waals surface area contributed by atoms with Crippen molar-refractivity contribution in [1.29, 1.82) is 0 Å². The number of phenolic OH excluding ortho intramolecular Hbond substituents is 2. The lowest BCUT2D eigenvalue weighted by Gasteiger charge is -2.42. The quantitative estimate of drug-likeness (QED) is 0.146. The molecule has 2 aliphatic heterocycles. The molecule has 2 aliphatic rings. The Hall–Kier alpha value is -3.71. The average molecular weight is 639 g/mol. The first kappa shape index (κ1) is 32.7. The zero-order valence-corrected chi connectivity index (χ0v) is 24.2. The number of rotatable bonds is 8. The summed E-state index contributed by atoms with van der Waals surface area (Å²) in [6.07, 6.45) is -15.9. The lowest BCUT2D eigenvalue weighted by atomic mass is 9.98. The highest BCUT2D eigenvalue weighted by Gasteiger charge is 2.47. The number of hydrogen-bond donors (Lipinski definition) is 8. The van der Waals surface area contributed by atoms with Crippen molar-refractivity contribution < 1.29 is 73.7 Å². The predicted molar refractivity (Wildman–Crippen MR) is 150 cm³/mol. The van der Waals surface area contributed by atoms with Crippen LogP contribution in [-0.2, 0) is 14.2 Å². The molecule has 0 aliphatic carbocycles. The van der Waals surface area contributed by atoms with Crippen LogP contribution in [0.1, 0.15) is 6.92 Å². The molecule has 0 bridgehead atoms. The Kier molecular flexibility index (Phi) is 9.41. The number of fused-ring (bicyclic) bond motifs is 1. The fourth-order valence-corrected chi connectivity index (χ4v) is 5.15. The zero-order chi connectivity index (χ0) is 32.7. The second-order valence-electron chi connectivity index (χ2n) is 10.6. The Balaban J connectivity index is 1.50. The second-order valence-corrected chi connectivity index (χ2v) is 10.6. The van der Waals surface area contributed by atoms with E-state index in [0.29, 0.717) is 5.75 Å². The van der Waals surface area contributed by atoms with E-state index < -0.39 is 90.7 Å². The fourth-order valence-electron chi connectivity index (χ4n) is 5.15. The minimum absolute atomic E-state index is 0.202. The van der Waals surface area contributed by atoms with Gasteiger partial charge >= 0.3 is 0 Å². The number of aliphatic hydroxyl groups excluding tert-OH is 6. The Morgan fingerprint density at radius 3 is 2.13 bits per heavy atom. The van der Waals surface area contributed by atoms with Gasteiger partial charge in [-0.05, 0) is 25.1 Å². The molecule has 0 radical (unpaired) electrons. The van der Waals surface area contributed by atoms with E-state index >= 15 is 0 Å². The summed E-state index contributed by atoms with van der Waals surface area (Å²) in [5, 5.41) is 82.3. The van der Waals surface area contributed by atoms with Crippen molar-refractivity contribution >= 4 is 11.0 Å². The lowest BCUT2D eigenvalue weighted by Crippen LogP contribution is -2.61. The van der Waals surface area contributed by atoms with Gasteiger partial charge in [0, 0.05) is 17.7 Å². The molecule has 16 heteroatoms. The standard InChI is InChI=1S/C29H34O16/c1-10-19(32)22(35)24(37)28(42-10)41-9-17-20(33)23(36)25(38)29(44-17)45-27-21(34)18-13(31)7-12(30)8-16(18)43-26(27)11-4-5-14(39-2)15(6-11)40-3/h4-8,10,17,19-20,22-25,28-33,35-38H,9H2,1-3H3/t10?,17?,19-,20+,22-,23?,24?,25?,28+,29-/m0/s1. The van der Waals surface area contributed by atoms with Crippen LogP contribution < -0.4 is 19.6 Å². The van der Waals surface area contributed by atoms with Crippen LogP contribution in [0.15, 0.2) is 39.5 Å². The fraction of sp³-hybridized carbons (Fsp3) is 0.483. The summed E-state index contributed by atoms with van der Waals surface area (Å²) in [4.78, 5) is 13.8. The summed E-state index contributed by atoms with van der Waals surface area (Å²) in [5.74, 6) is -1.28. The Morgan fingerprint density at radius 2 is 1.44 bits per heavy atom. The number of aromatic hydroxyl groups is 2. The monoisotopic (exact) mass is 638 g/mol. The highest BCUT2D eigenvalue weighted by Crippen LogP contribution is 2.40. The van der Waals surface area contributed by atoms with Crippen LogP contribution in [0.3, 0.4) is 0 Å². The third-order valence-electron chi connectivity index (χ3n) is 7.70. The molecule has 246 valence electrons. The molecule has 16 nitrogen and oxygen atoms in total. The Labute approximate surface area is 254 Å². The van der Waals surface area contributed by atoms with Gasteiger partial charge in [-0.25, -0.2) is 0 Å². The van der Waals surface area contributed by atoms with Crippen molar-refractivity contribution in [1.82, 2.24) is 0 Å². The molecular formula is C29H34O16. The molecule has 5 unspecified atom stereocenters. The van der Waals surface area contributed by atoms with E-state index in [9.17, 15) is 45.6 Å². The van der Waals surface area contributed by atoms with E-state index in [1.165, 1.54) is 39.3 Å². The minimum atomic E-state index is -1.92. The van der Waals surface area contributed by atoms with Gasteiger partial charge in [0.1, 0.15) is 65.2 Å². The van der Waals surface area contributed by atoms with Crippen molar-refractivity contribution in [2.75, 3.05) is 20.8 Å². The van der Waals surface area contributed by atoms with Gasteiger partial charge in [-0.15, -0.1) is 0 Å². The van der Waals surface area contributed by atoms with E-state index in [4.69, 9.17) is 32.8 Å². The maximum absolute atomic E-state index is 13.8. The molecule has 1 aromatic heterocycles. The molecule has 5 rings (SSSR count). The first-order valence-corrected chi connectivity index (χ1v) is 13.8. The molecule has 0 spiro atoms. The number of aliphatic hydroxyl groups is 6.